The van der Waals surface area contributed by atoms with Crippen LogP contribution in [0, 0.1) is 17.6 Å². The van der Waals surface area contributed by atoms with Crippen molar-refractivity contribution in [3.63, 3.8) is 0 Å². The van der Waals surface area contributed by atoms with Crippen molar-refractivity contribution in [2.75, 3.05) is 18.6 Å². The fraction of sp³-hybridized carbons (Fsp3) is 0.282. The number of carbonyl (C=O) groups is 1. The van der Waals surface area contributed by atoms with Crippen molar-refractivity contribution in [2.24, 2.45) is 16.0 Å². The average Bonchev–Trinajstić information content (AvgIpc) is 3.89. The van der Waals surface area contributed by atoms with Gasteiger partial charge in [-0.1, -0.05) is 24.6 Å². The Kier molecular flexibility index (Phi) is 12.1. The third kappa shape index (κ3) is 8.33. The Hall–Kier alpha value is -5.61. The van der Waals surface area contributed by atoms with Crippen LogP contribution in [0.2, 0.25) is 5.02 Å². The maximum Gasteiger partial charge on any atom is 0.443 e. The summed E-state index contributed by atoms with van der Waals surface area (Å²) in [5.74, 6) is -8.64. The first-order valence-corrected chi connectivity index (χ1v) is 20.6. The predicted octanol–water partition coefficient (Wildman–Crippen LogP) is 9.00. The lowest BCUT2D eigenvalue weighted by Gasteiger charge is -2.25. The summed E-state index contributed by atoms with van der Waals surface area (Å²) in [4.78, 5) is 37.3. The molecule has 6 aromatic rings. The summed E-state index contributed by atoms with van der Waals surface area (Å²) < 4.78 is 135. The molecule has 1 amide bonds. The fourth-order valence-electron chi connectivity index (χ4n) is 7.36. The van der Waals surface area contributed by atoms with E-state index in [1.165, 1.54) is 37.4 Å². The molecule has 1 aliphatic rings. The van der Waals surface area contributed by atoms with E-state index >= 15 is 8.78 Å². The molecular weight excluding hydrogens is 897 g/mol. The van der Waals surface area contributed by atoms with E-state index < -0.39 is 94.9 Å². The first kappa shape index (κ1) is 44.4. The van der Waals surface area contributed by atoms with Crippen LogP contribution < -0.4 is 21.9 Å². The van der Waals surface area contributed by atoms with E-state index in [9.17, 15) is 40.3 Å². The Balaban J connectivity index is 1.46. The van der Waals surface area contributed by atoms with Gasteiger partial charge in [0.2, 0.25) is 5.91 Å². The number of hydrogen-bond donors (Lipinski definition) is 3. The van der Waals surface area contributed by atoms with Crippen molar-refractivity contribution in [3.05, 3.63) is 120 Å². The van der Waals surface area contributed by atoms with Crippen LogP contribution in [-0.2, 0) is 36.3 Å². The van der Waals surface area contributed by atoms with Crippen molar-refractivity contribution >= 4 is 63.2 Å². The van der Waals surface area contributed by atoms with E-state index in [0.29, 0.717) is 22.1 Å². The van der Waals surface area contributed by atoms with Crippen LogP contribution in [0.5, 0.6) is 0 Å². The van der Waals surface area contributed by atoms with Gasteiger partial charge in [-0.15, -0.1) is 11.3 Å². The maximum atomic E-state index is 15.4. The van der Waals surface area contributed by atoms with Gasteiger partial charge in [-0.05, 0) is 60.3 Å². The van der Waals surface area contributed by atoms with Gasteiger partial charge in [0.25, 0.3) is 17.9 Å². The molecule has 3 aromatic carbocycles. The lowest BCUT2D eigenvalue weighted by Crippen LogP contribution is -2.38. The molecule has 0 radical (unpaired) electrons. The van der Waals surface area contributed by atoms with E-state index in [1.807, 2.05) is 0 Å². The van der Waals surface area contributed by atoms with Gasteiger partial charge in [-0.25, -0.2) is 27.5 Å². The van der Waals surface area contributed by atoms with Crippen LogP contribution in [0.25, 0.3) is 27.8 Å². The Bertz CT molecular complexity index is 2810. The summed E-state index contributed by atoms with van der Waals surface area (Å²) in [7, 11) is 1.47. The zero-order chi connectivity index (χ0) is 45.0. The summed E-state index contributed by atoms with van der Waals surface area (Å²) in [6.45, 7) is 0.114. The molecule has 23 heteroatoms. The second kappa shape index (κ2) is 16.9. The number of rotatable bonds is 12. The highest BCUT2D eigenvalue weighted by molar-refractivity contribution is 7.97. The van der Waals surface area contributed by atoms with Crippen molar-refractivity contribution < 1.29 is 44.3 Å². The molecule has 326 valence electrons. The number of benzene rings is 3. The number of anilines is 1. The third-order valence-electron chi connectivity index (χ3n) is 10.0. The van der Waals surface area contributed by atoms with E-state index in [0.717, 1.165) is 41.0 Å². The molecule has 11 nitrogen and oxygen atoms in total. The Morgan fingerprint density at radius 3 is 2.45 bits per heavy atom. The standard InChI is InChI=1S/C39H31ClF9N9O2S2/c1-16-8-22-30(33(43)44)55-57(32(22)38(16,45)46)14-28(59)52-25(11-17-9-19(41)13-20(42)10-17)35-53-24-12-18(26-15-62-37(54-26)39(47,48)49)4-5-21(24)36(60)58(35)27-7-6-23(40)29(31(27)51-2)34(50)56-61-3/h4-7,9-10,12-13,15-16,25,33,51H,8,11,14H2,1-3H3,(H2,50,56)(H,52,59). The minimum absolute atomic E-state index is 0.00345. The minimum Gasteiger partial charge on any atom is -0.386 e. The summed E-state index contributed by atoms with van der Waals surface area (Å²) in [5.41, 5.74) is 3.29. The van der Waals surface area contributed by atoms with Crippen LogP contribution >= 0.6 is 34.9 Å². The second-order valence-corrected chi connectivity index (χ2v) is 15.9. The lowest BCUT2D eigenvalue weighted by atomic mass is 10.0. The number of thiazole rings is 1. The van der Waals surface area contributed by atoms with Crippen LogP contribution in [0.4, 0.5) is 45.2 Å². The number of nitrogens with two attached hydrogens (primary N) is 1. The van der Waals surface area contributed by atoms with E-state index in [4.69, 9.17) is 22.3 Å². The van der Waals surface area contributed by atoms with Gasteiger partial charge in [0.05, 0.1) is 44.6 Å². The first-order valence-electron chi connectivity index (χ1n) is 18.2. The van der Waals surface area contributed by atoms with Gasteiger partial charge < -0.3 is 16.4 Å². The number of hydrogen-bond acceptors (Lipinski definition) is 9. The zero-order valence-electron chi connectivity index (χ0n) is 32.2. The summed E-state index contributed by atoms with van der Waals surface area (Å²) in [6, 6.07) is 7.55. The quantitative estimate of drug-likeness (QED) is 0.0478. The molecule has 1 aliphatic carbocycles. The highest BCUT2D eigenvalue weighted by Gasteiger charge is 2.51. The van der Waals surface area contributed by atoms with Gasteiger partial charge in [0.15, 0.2) is 5.01 Å². The van der Waals surface area contributed by atoms with E-state index in [2.05, 4.69) is 25.1 Å². The number of fused-ring (bicyclic) bond motifs is 2. The van der Waals surface area contributed by atoms with E-state index in [1.54, 1.807) is 6.26 Å². The fourth-order valence-corrected chi connectivity index (χ4v) is 8.60. The highest BCUT2D eigenvalue weighted by atomic mass is 35.5. The zero-order valence-corrected chi connectivity index (χ0v) is 34.6. The molecule has 2 atom stereocenters. The number of aromatic nitrogens is 5. The molecule has 3 heterocycles. The molecule has 3 aromatic heterocycles. The smallest absolute Gasteiger partial charge is 0.386 e. The number of nitrogens with zero attached hydrogens (tertiary/aromatic N) is 6. The SMILES string of the molecule is CNc1c(-n2c(C(Cc3cc(F)cc(F)c3)NC(=O)Cn3nc(C(F)F)c4c3C(F)(F)C(C)C4)nc3cc(-c4csc(C(F)(F)F)n4)ccc3c2=O)ccc(Cl)c1C(N)=NSC. The molecule has 7 rings (SSSR count). The largest absolute Gasteiger partial charge is 0.443 e. The van der Waals surface area contributed by atoms with Crippen LogP contribution in [0.1, 0.15) is 58.3 Å². The molecular formula is C39H31ClF9N9O2S2. The number of alkyl halides is 7. The van der Waals surface area contributed by atoms with Crippen molar-refractivity contribution in [2.45, 2.75) is 50.9 Å². The van der Waals surface area contributed by atoms with Gasteiger partial charge in [0, 0.05) is 48.2 Å². The average molecular weight is 928 g/mol. The number of amides is 1. The monoisotopic (exact) mass is 927 g/mol. The van der Waals surface area contributed by atoms with E-state index in [-0.39, 0.29) is 61.3 Å². The minimum atomic E-state index is -4.75. The first-order chi connectivity index (χ1) is 29.2. The molecule has 62 heavy (non-hydrogen) atoms. The third-order valence-corrected chi connectivity index (χ3v) is 11.6. The summed E-state index contributed by atoms with van der Waals surface area (Å²) >= 11 is 7.92. The van der Waals surface area contributed by atoms with Crippen LogP contribution in [0.3, 0.4) is 0 Å². The molecule has 0 aliphatic heterocycles. The summed E-state index contributed by atoms with van der Waals surface area (Å²) in [5, 5.41) is 9.19. The normalized spacial score (nSPS) is 15.6. The van der Waals surface area contributed by atoms with Gasteiger partial charge in [-0.2, -0.15) is 31.4 Å². The van der Waals surface area contributed by atoms with Gasteiger partial charge in [-0.3, -0.25) is 18.8 Å². The maximum absolute atomic E-state index is 15.4. The number of nitrogens with one attached hydrogen (secondary N) is 2. The van der Waals surface area contributed by atoms with Gasteiger partial charge >= 0.3 is 6.18 Å². The number of carbonyl (C=O) groups excluding carboxylic acids is 1. The second-order valence-electron chi connectivity index (χ2n) is 14.1. The summed E-state index contributed by atoms with van der Waals surface area (Å²) in [6.07, 6.45) is -7.35. The Morgan fingerprint density at radius 1 is 1.11 bits per heavy atom. The molecule has 0 saturated heterocycles. The van der Waals surface area contributed by atoms with Crippen molar-refractivity contribution in [3.8, 4) is 16.9 Å². The molecule has 0 fully saturated rings. The Labute approximate surface area is 358 Å². The molecule has 0 saturated carbocycles. The predicted molar refractivity (Wildman–Crippen MR) is 217 cm³/mol. The number of halogens is 10. The van der Waals surface area contributed by atoms with Crippen LogP contribution in [-0.4, -0.2) is 49.4 Å². The van der Waals surface area contributed by atoms with Crippen molar-refractivity contribution in [1.29, 1.82) is 0 Å². The van der Waals surface area contributed by atoms with Crippen LogP contribution in [0.15, 0.2) is 63.1 Å². The molecule has 2 unspecified atom stereocenters. The highest BCUT2D eigenvalue weighted by Crippen LogP contribution is 2.48. The van der Waals surface area contributed by atoms with Crippen molar-refractivity contribution in [1.82, 2.24) is 29.6 Å². The Morgan fingerprint density at radius 2 is 1.82 bits per heavy atom. The molecule has 0 bridgehead atoms. The molecule has 4 N–H and O–H groups in total. The number of amidine groups is 1. The molecule has 0 spiro atoms. The topological polar surface area (TPSA) is 145 Å². The van der Waals surface area contributed by atoms with Gasteiger partial charge in [0.1, 0.15) is 41.2 Å². The lowest BCUT2D eigenvalue weighted by molar-refractivity contribution is -0.137.